The Morgan fingerprint density at radius 1 is 1.59 bits per heavy atom. The smallest absolute Gasteiger partial charge is 0.263 e. The summed E-state index contributed by atoms with van der Waals surface area (Å²) in [6.07, 6.45) is 7.06. The molecular formula is C15H20N4O2S. The third-order valence-corrected chi connectivity index (χ3v) is 4.94. The van der Waals surface area contributed by atoms with E-state index in [9.17, 15) is 4.79 Å². The molecule has 2 aromatic rings. The van der Waals surface area contributed by atoms with Crippen LogP contribution >= 0.6 is 11.3 Å². The quantitative estimate of drug-likeness (QED) is 0.916. The lowest BCUT2D eigenvalue weighted by atomic mass is 10.2. The van der Waals surface area contributed by atoms with Gasteiger partial charge in [-0.2, -0.15) is 5.10 Å². The lowest BCUT2D eigenvalue weighted by molar-refractivity contribution is 0.0910. The lowest BCUT2D eigenvalue weighted by Gasteiger charge is -2.09. The Kier molecular flexibility index (Phi) is 4.54. The van der Waals surface area contributed by atoms with E-state index >= 15 is 0 Å². The molecule has 1 aliphatic heterocycles. The monoisotopic (exact) mass is 320 g/mol. The molecular weight excluding hydrogens is 300 g/mol. The lowest BCUT2D eigenvalue weighted by Crippen LogP contribution is -2.26. The predicted molar refractivity (Wildman–Crippen MR) is 85.0 cm³/mol. The summed E-state index contributed by atoms with van der Waals surface area (Å²) < 4.78 is 7.29. The molecule has 0 aromatic carbocycles. The third kappa shape index (κ3) is 3.36. The van der Waals surface area contributed by atoms with Crippen LogP contribution in [0.25, 0.3) is 10.6 Å². The average molecular weight is 320 g/mol. The number of rotatable bonds is 5. The van der Waals surface area contributed by atoms with Crippen LogP contribution in [-0.2, 0) is 11.8 Å². The molecule has 3 rings (SSSR count). The van der Waals surface area contributed by atoms with Crippen LogP contribution in [0.5, 0.6) is 0 Å². The number of nitrogens with zero attached hydrogens (tertiary/aromatic N) is 3. The van der Waals surface area contributed by atoms with E-state index in [2.05, 4.69) is 15.4 Å². The first-order valence-corrected chi connectivity index (χ1v) is 8.31. The van der Waals surface area contributed by atoms with Crippen LogP contribution in [-0.4, -0.2) is 39.9 Å². The molecule has 1 atom stereocenters. The molecule has 2 aromatic heterocycles. The van der Waals surface area contributed by atoms with Crippen molar-refractivity contribution in [2.75, 3.05) is 13.2 Å². The summed E-state index contributed by atoms with van der Waals surface area (Å²) in [5, 5.41) is 7.94. The van der Waals surface area contributed by atoms with Crippen LogP contribution in [0, 0.1) is 6.92 Å². The minimum atomic E-state index is -0.0527. The van der Waals surface area contributed by atoms with Crippen molar-refractivity contribution in [1.29, 1.82) is 0 Å². The topological polar surface area (TPSA) is 69.0 Å². The van der Waals surface area contributed by atoms with Crippen LogP contribution in [0.3, 0.4) is 0 Å². The molecule has 0 unspecified atom stereocenters. The SMILES string of the molecule is Cc1nc(-c2cnn(C)c2)sc1C(=O)NCC[C@@H]1CCCO1. The summed E-state index contributed by atoms with van der Waals surface area (Å²) >= 11 is 1.41. The van der Waals surface area contributed by atoms with Gasteiger partial charge in [-0.3, -0.25) is 9.48 Å². The van der Waals surface area contributed by atoms with Crippen LogP contribution in [0.1, 0.15) is 34.6 Å². The van der Waals surface area contributed by atoms with Gasteiger partial charge in [0.15, 0.2) is 0 Å². The highest BCUT2D eigenvalue weighted by molar-refractivity contribution is 7.17. The first-order chi connectivity index (χ1) is 10.6. The normalized spacial score (nSPS) is 17.8. The van der Waals surface area contributed by atoms with Crippen molar-refractivity contribution in [2.24, 2.45) is 7.05 Å². The fraction of sp³-hybridized carbons (Fsp3) is 0.533. The van der Waals surface area contributed by atoms with E-state index < -0.39 is 0 Å². The van der Waals surface area contributed by atoms with Gasteiger partial charge in [0, 0.05) is 32.0 Å². The first-order valence-electron chi connectivity index (χ1n) is 7.49. The van der Waals surface area contributed by atoms with Gasteiger partial charge in [0.2, 0.25) is 0 Å². The number of carbonyl (C=O) groups excluding carboxylic acids is 1. The first kappa shape index (κ1) is 15.2. The number of hydrogen-bond donors (Lipinski definition) is 1. The van der Waals surface area contributed by atoms with E-state index in [0.29, 0.717) is 17.5 Å². The van der Waals surface area contributed by atoms with Crippen LogP contribution in [0.2, 0.25) is 0 Å². The Morgan fingerprint density at radius 3 is 3.14 bits per heavy atom. The molecule has 1 aliphatic rings. The molecule has 7 heteroatoms. The van der Waals surface area contributed by atoms with Gasteiger partial charge in [0.1, 0.15) is 9.88 Å². The zero-order chi connectivity index (χ0) is 15.5. The largest absolute Gasteiger partial charge is 0.378 e. The predicted octanol–water partition coefficient (Wildman–Crippen LogP) is 2.15. The van der Waals surface area contributed by atoms with Crippen molar-refractivity contribution in [3.05, 3.63) is 23.0 Å². The standard InChI is InChI=1S/C15H20N4O2S/c1-10-13(14(20)16-6-5-12-4-3-7-21-12)22-15(18-10)11-8-17-19(2)9-11/h8-9,12H,3-7H2,1-2H3,(H,16,20)/t12-/m0/s1. The molecule has 1 fully saturated rings. The number of ether oxygens (including phenoxy) is 1. The van der Waals surface area contributed by atoms with Crippen molar-refractivity contribution >= 4 is 17.2 Å². The fourth-order valence-electron chi connectivity index (χ4n) is 2.56. The maximum Gasteiger partial charge on any atom is 0.263 e. The average Bonchev–Trinajstić information content (AvgIpc) is 3.19. The van der Waals surface area contributed by atoms with Crippen molar-refractivity contribution < 1.29 is 9.53 Å². The second-order valence-electron chi connectivity index (χ2n) is 5.52. The van der Waals surface area contributed by atoms with Crippen LogP contribution in [0.15, 0.2) is 12.4 Å². The third-order valence-electron chi connectivity index (χ3n) is 3.73. The van der Waals surface area contributed by atoms with E-state index in [1.807, 2.05) is 20.2 Å². The number of hydrogen-bond acceptors (Lipinski definition) is 5. The summed E-state index contributed by atoms with van der Waals surface area (Å²) in [4.78, 5) is 17.4. The number of amides is 1. The van der Waals surface area contributed by atoms with Crippen molar-refractivity contribution in [2.45, 2.75) is 32.3 Å². The highest BCUT2D eigenvalue weighted by Crippen LogP contribution is 2.27. The fourth-order valence-corrected chi connectivity index (χ4v) is 3.52. The summed E-state index contributed by atoms with van der Waals surface area (Å²) in [7, 11) is 1.86. The highest BCUT2D eigenvalue weighted by Gasteiger charge is 2.18. The van der Waals surface area contributed by atoms with Crippen molar-refractivity contribution in [3.63, 3.8) is 0 Å². The van der Waals surface area contributed by atoms with Gasteiger partial charge in [-0.1, -0.05) is 0 Å². The highest BCUT2D eigenvalue weighted by atomic mass is 32.1. The van der Waals surface area contributed by atoms with E-state index in [1.54, 1.807) is 10.9 Å². The van der Waals surface area contributed by atoms with E-state index in [1.165, 1.54) is 11.3 Å². The number of aryl methyl sites for hydroxylation is 2. The Hall–Kier alpha value is -1.73. The Morgan fingerprint density at radius 2 is 2.45 bits per heavy atom. The zero-order valence-electron chi connectivity index (χ0n) is 12.8. The molecule has 3 heterocycles. The zero-order valence-corrected chi connectivity index (χ0v) is 13.7. The van der Waals surface area contributed by atoms with Gasteiger partial charge in [-0.05, 0) is 26.2 Å². The molecule has 22 heavy (non-hydrogen) atoms. The molecule has 0 radical (unpaired) electrons. The second-order valence-corrected chi connectivity index (χ2v) is 6.51. The Labute approximate surface area is 133 Å². The Bertz CT molecular complexity index is 658. The van der Waals surface area contributed by atoms with Gasteiger partial charge in [0.05, 0.1) is 18.0 Å². The summed E-state index contributed by atoms with van der Waals surface area (Å²) in [6.45, 7) is 3.36. The van der Waals surface area contributed by atoms with Gasteiger partial charge in [0.25, 0.3) is 5.91 Å². The number of carbonyl (C=O) groups is 1. The van der Waals surface area contributed by atoms with E-state index in [4.69, 9.17) is 4.74 Å². The van der Waals surface area contributed by atoms with Crippen LogP contribution in [0.4, 0.5) is 0 Å². The van der Waals surface area contributed by atoms with Crippen molar-refractivity contribution in [3.8, 4) is 10.6 Å². The Balaban J connectivity index is 1.61. The van der Waals surface area contributed by atoms with E-state index in [0.717, 1.165) is 42.1 Å². The molecule has 0 spiro atoms. The summed E-state index contributed by atoms with van der Waals surface area (Å²) in [5.74, 6) is -0.0527. The maximum atomic E-state index is 12.3. The van der Waals surface area contributed by atoms with Gasteiger partial charge >= 0.3 is 0 Å². The number of thiazole rings is 1. The molecule has 6 nitrogen and oxygen atoms in total. The molecule has 0 saturated carbocycles. The molecule has 1 amide bonds. The van der Waals surface area contributed by atoms with E-state index in [-0.39, 0.29) is 5.91 Å². The van der Waals surface area contributed by atoms with Crippen LogP contribution < -0.4 is 5.32 Å². The minimum Gasteiger partial charge on any atom is -0.378 e. The van der Waals surface area contributed by atoms with Gasteiger partial charge in [-0.15, -0.1) is 11.3 Å². The summed E-state index contributed by atoms with van der Waals surface area (Å²) in [5.41, 5.74) is 1.70. The molecule has 0 bridgehead atoms. The minimum absolute atomic E-state index is 0.0527. The second kappa shape index (κ2) is 6.58. The molecule has 118 valence electrons. The molecule has 1 N–H and O–H groups in total. The summed E-state index contributed by atoms with van der Waals surface area (Å²) in [6, 6.07) is 0. The van der Waals surface area contributed by atoms with Gasteiger partial charge in [-0.25, -0.2) is 4.98 Å². The number of nitrogens with one attached hydrogen (secondary N) is 1. The van der Waals surface area contributed by atoms with Crippen molar-refractivity contribution in [1.82, 2.24) is 20.1 Å². The van der Waals surface area contributed by atoms with Gasteiger partial charge < -0.3 is 10.1 Å². The molecule has 1 saturated heterocycles. The number of aromatic nitrogens is 3. The maximum absolute atomic E-state index is 12.3. The molecule has 0 aliphatic carbocycles.